The van der Waals surface area contributed by atoms with Crippen molar-refractivity contribution >= 4 is 5.91 Å². The van der Waals surface area contributed by atoms with E-state index in [1.165, 1.54) is 0 Å². The van der Waals surface area contributed by atoms with Crippen LogP contribution in [0.4, 0.5) is 0 Å². The maximum atomic E-state index is 12.5. The molecule has 0 unspecified atom stereocenters. The van der Waals surface area contributed by atoms with E-state index in [1.807, 2.05) is 39.2 Å². The van der Waals surface area contributed by atoms with E-state index in [2.05, 4.69) is 34.0 Å². The highest BCUT2D eigenvalue weighted by atomic mass is 16.1. The summed E-state index contributed by atoms with van der Waals surface area (Å²) in [5.74, 6) is 0.124. The minimum Gasteiger partial charge on any atom is -0.347 e. The molecule has 0 atom stereocenters. The molecule has 0 aromatic carbocycles. The number of amides is 1. The maximum Gasteiger partial charge on any atom is 0.270 e. The first-order valence-electron chi connectivity index (χ1n) is 8.21. The van der Waals surface area contributed by atoms with E-state index in [0.29, 0.717) is 12.2 Å². The summed E-state index contributed by atoms with van der Waals surface area (Å²) in [7, 11) is 4.04. The van der Waals surface area contributed by atoms with Crippen molar-refractivity contribution in [2.75, 3.05) is 14.1 Å². The molecule has 128 valence electrons. The fourth-order valence-corrected chi connectivity index (χ4v) is 2.61. The lowest BCUT2D eigenvalue weighted by atomic mass is 10.0. The van der Waals surface area contributed by atoms with Gasteiger partial charge in [-0.25, -0.2) is 0 Å². The Morgan fingerprint density at radius 3 is 2.62 bits per heavy atom. The maximum absolute atomic E-state index is 12.5. The highest BCUT2D eigenvalue weighted by molar-refractivity contribution is 5.93. The van der Waals surface area contributed by atoms with Gasteiger partial charge in [-0.05, 0) is 55.8 Å². The molecule has 5 nitrogen and oxygen atoms in total. The Hall–Kier alpha value is -2.27. The van der Waals surface area contributed by atoms with Gasteiger partial charge in [-0.15, -0.1) is 0 Å². The molecule has 0 radical (unpaired) electrons. The molecule has 0 saturated heterocycles. The van der Waals surface area contributed by atoms with Gasteiger partial charge in [-0.3, -0.25) is 14.8 Å². The van der Waals surface area contributed by atoms with E-state index < -0.39 is 0 Å². The summed E-state index contributed by atoms with van der Waals surface area (Å²) in [4.78, 5) is 23.3. The molecule has 2 aromatic rings. The van der Waals surface area contributed by atoms with Crippen molar-refractivity contribution in [2.24, 2.45) is 0 Å². The second-order valence-corrected chi connectivity index (χ2v) is 6.56. The largest absolute Gasteiger partial charge is 0.347 e. The first kappa shape index (κ1) is 18.1. The standard InChI is InChI=1S/C19H26N4O/c1-13(2)16-7-6-9-21-18(16)19(24)22-11-15-8-10-20-17(14(15)3)12-23(4)5/h6-10,13H,11-12H2,1-5H3,(H,22,24). The molecule has 2 rings (SSSR count). The van der Waals surface area contributed by atoms with Crippen LogP contribution in [0.3, 0.4) is 0 Å². The van der Waals surface area contributed by atoms with Crippen molar-refractivity contribution in [3.8, 4) is 0 Å². The van der Waals surface area contributed by atoms with Crippen molar-refractivity contribution in [1.82, 2.24) is 20.2 Å². The minimum atomic E-state index is -0.135. The molecular weight excluding hydrogens is 300 g/mol. The Morgan fingerprint density at radius 1 is 1.21 bits per heavy atom. The van der Waals surface area contributed by atoms with Crippen LogP contribution in [0.25, 0.3) is 0 Å². The quantitative estimate of drug-likeness (QED) is 0.887. The molecule has 0 saturated carbocycles. The van der Waals surface area contributed by atoms with Gasteiger partial charge in [0.15, 0.2) is 0 Å². The Bertz CT molecular complexity index is 710. The summed E-state index contributed by atoms with van der Waals surface area (Å²) in [6.45, 7) is 7.43. The summed E-state index contributed by atoms with van der Waals surface area (Å²) in [6.07, 6.45) is 3.46. The molecule has 1 amide bonds. The Kier molecular flexibility index (Phi) is 6.04. The number of hydrogen-bond acceptors (Lipinski definition) is 4. The van der Waals surface area contributed by atoms with Crippen LogP contribution in [0, 0.1) is 6.92 Å². The molecule has 0 fully saturated rings. The number of pyridine rings is 2. The summed E-state index contributed by atoms with van der Waals surface area (Å²) >= 11 is 0. The number of rotatable bonds is 6. The lowest BCUT2D eigenvalue weighted by Gasteiger charge is -2.15. The number of aromatic nitrogens is 2. The van der Waals surface area contributed by atoms with Gasteiger partial charge in [0, 0.05) is 25.5 Å². The van der Waals surface area contributed by atoms with Crippen LogP contribution < -0.4 is 5.32 Å². The molecule has 1 N–H and O–H groups in total. The Balaban J connectivity index is 2.13. The van der Waals surface area contributed by atoms with Gasteiger partial charge in [-0.2, -0.15) is 0 Å². The summed E-state index contributed by atoms with van der Waals surface area (Å²) < 4.78 is 0. The van der Waals surface area contributed by atoms with E-state index in [0.717, 1.165) is 28.9 Å². The second-order valence-electron chi connectivity index (χ2n) is 6.56. The normalized spacial score (nSPS) is 11.1. The molecule has 0 aliphatic rings. The highest BCUT2D eigenvalue weighted by Gasteiger charge is 2.15. The van der Waals surface area contributed by atoms with E-state index in [-0.39, 0.29) is 11.8 Å². The molecule has 0 spiro atoms. The first-order valence-corrected chi connectivity index (χ1v) is 8.21. The molecule has 5 heteroatoms. The van der Waals surface area contributed by atoms with Crippen molar-refractivity contribution in [2.45, 2.75) is 39.8 Å². The van der Waals surface area contributed by atoms with Gasteiger partial charge in [0.05, 0.1) is 5.69 Å². The van der Waals surface area contributed by atoms with E-state index in [4.69, 9.17) is 0 Å². The lowest BCUT2D eigenvalue weighted by molar-refractivity contribution is 0.0944. The summed E-state index contributed by atoms with van der Waals surface area (Å²) in [5, 5.41) is 2.99. The van der Waals surface area contributed by atoms with Gasteiger partial charge in [0.25, 0.3) is 5.91 Å². The molecule has 24 heavy (non-hydrogen) atoms. The third kappa shape index (κ3) is 4.38. The SMILES string of the molecule is Cc1c(CNC(=O)c2ncccc2C(C)C)ccnc1CN(C)C. The molecule has 2 aromatic heterocycles. The van der Waals surface area contributed by atoms with Gasteiger partial charge in [0.2, 0.25) is 0 Å². The number of nitrogens with one attached hydrogen (secondary N) is 1. The van der Waals surface area contributed by atoms with Gasteiger partial charge in [-0.1, -0.05) is 19.9 Å². The van der Waals surface area contributed by atoms with Crippen LogP contribution in [0.15, 0.2) is 30.6 Å². The third-order valence-corrected chi connectivity index (χ3v) is 4.00. The van der Waals surface area contributed by atoms with Gasteiger partial charge in [0.1, 0.15) is 5.69 Å². The predicted molar refractivity (Wildman–Crippen MR) is 95.9 cm³/mol. The molecule has 0 bridgehead atoms. The zero-order chi connectivity index (χ0) is 17.7. The fourth-order valence-electron chi connectivity index (χ4n) is 2.61. The fraction of sp³-hybridized carbons (Fsp3) is 0.421. The number of carbonyl (C=O) groups is 1. The zero-order valence-corrected chi connectivity index (χ0v) is 15.1. The van der Waals surface area contributed by atoms with Gasteiger partial charge < -0.3 is 10.2 Å². The predicted octanol–water partition coefficient (Wildman–Crippen LogP) is 2.90. The molecule has 0 aliphatic carbocycles. The Morgan fingerprint density at radius 2 is 1.96 bits per heavy atom. The topological polar surface area (TPSA) is 58.1 Å². The average molecular weight is 326 g/mol. The van der Waals surface area contributed by atoms with Crippen LogP contribution in [0.5, 0.6) is 0 Å². The number of nitrogens with zero attached hydrogens (tertiary/aromatic N) is 3. The highest BCUT2D eigenvalue weighted by Crippen LogP contribution is 2.17. The third-order valence-electron chi connectivity index (χ3n) is 4.00. The van der Waals surface area contributed by atoms with E-state index in [9.17, 15) is 4.79 Å². The van der Waals surface area contributed by atoms with Crippen molar-refractivity contribution < 1.29 is 4.79 Å². The average Bonchev–Trinajstić information content (AvgIpc) is 2.55. The monoisotopic (exact) mass is 326 g/mol. The van der Waals surface area contributed by atoms with Crippen LogP contribution in [-0.4, -0.2) is 34.9 Å². The van der Waals surface area contributed by atoms with Crippen molar-refractivity contribution in [1.29, 1.82) is 0 Å². The molecule has 2 heterocycles. The molecular formula is C19H26N4O. The number of hydrogen-bond donors (Lipinski definition) is 1. The smallest absolute Gasteiger partial charge is 0.270 e. The molecule has 0 aliphatic heterocycles. The van der Waals surface area contributed by atoms with E-state index in [1.54, 1.807) is 12.4 Å². The lowest BCUT2D eigenvalue weighted by Crippen LogP contribution is -2.26. The zero-order valence-electron chi connectivity index (χ0n) is 15.1. The Labute approximate surface area is 144 Å². The summed E-state index contributed by atoms with van der Waals surface area (Å²) in [6, 6.07) is 5.78. The minimum absolute atomic E-state index is 0.135. The summed E-state index contributed by atoms with van der Waals surface area (Å²) in [5.41, 5.74) is 4.71. The van der Waals surface area contributed by atoms with Crippen LogP contribution >= 0.6 is 0 Å². The van der Waals surface area contributed by atoms with E-state index >= 15 is 0 Å². The van der Waals surface area contributed by atoms with Gasteiger partial charge >= 0.3 is 0 Å². The van der Waals surface area contributed by atoms with Crippen molar-refractivity contribution in [3.05, 3.63) is 58.7 Å². The van der Waals surface area contributed by atoms with Crippen LogP contribution in [0.2, 0.25) is 0 Å². The number of carbonyl (C=O) groups excluding carboxylic acids is 1. The van der Waals surface area contributed by atoms with Crippen molar-refractivity contribution in [3.63, 3.8) is 0 Å². The van der Waals surface area contributed by atoms with Crippen LogP contribution in [0.1, 0.15) is 52.6 Å². The second kappa shape index (κ2) is 8.02. The van der Waals surface area contributed by atoms with Crippen LogP contribution in [-0.2, 0) is 13.1 Å². The first-order chi connectivity index (χ1) is 11.4.